The molecule has 0 aliphatic carbocycles. The smallest absolute Gasteiger partial charge is 0.336 e. The number of benzene rings is 2. The first-order valence-electron chi connectivity index (χ1n) is 12.7. The van der Waals surface area contributed by atoms with Crippen molar-refractivity contribution in [2.45, 2.75) is 19.8 Å². The van der Waals surface area contributed by atoms with Gasteiger partial charge >= 0.3 is 11.9 Å². The minimum Gasteiger partial charge on any atom is -0.463 e. The van der Waals surface area contributed by atoms with Gasteiger partial charge in [-0.05, 0) is 26.0 Å². The van der Waals surface area contributed by atoms with E-state index in [2.05, 4.69) is 4.99 Å². The minimum atomic E-state index is -0.869. The van der Waals surface area contributed by atoms with E-state index in [0.717, 1.165) is 11.3 Å². The van der Waals surface area contributed by atoms with Crippen molar-refractivity contribution in [1.82, 2.24) is 9.78 Å². The van der Waals surface area contributed by atoms with Gasteiger partial charge in [-0.15, -0.1) is 0 Å². The molecule has 2 unspecified atom stereocenters. The summed E-state index contributed by atoms with van der Waals surface area (Å²) in [5.74, 6) is -2.68. The first kappa shape index (κ1) is 27.9. The van der Waals surface area contributed by atoms with Gasteiger partial charge in [-0.3, -0.25) is 9.79 Å². The second-order valence-corrected chi connectivity index (χ2v) is 9.08. The first-order chi connectivity index (χ1) is 19.0. The van der Waals surface area contributed by atoms with Crippen LogP contribution in [0.5, 0.6) is 0 Å². The molecule has 204 valence electrons. The SMILES string of the molecule is COCCOC(=O)C1=C(C)N=C(C)C(C(=O)OCCOC)C1c1cn(-c2ccccc2)nc1-c1ccccc1. The largest absolute Gasteiger partial charge is 0.463 e. The monoisotopic (exact) mass is 531 g/mol. The summed E-state index contributed by atoms with van der Waals surface area (Å²) < 4.78 is 23.0. The van der Waals surface area contributed by atoms with Gasteiger partial charge in [0.2, 0.25) is 0 Å². The third-order valence-corrected chi connectivity index (χ3v) is 6.50. The van der Waals surface area contributed by atoms with E-state index in [1.807, 2.05) is 66.9 Å². The van der Waals surface area contributed by atoms with Gasteiger partial charge < -0.3 is 18.9 Å². The highest BCUT2D eigenvalue weighted by Gasteiger charge is 2.44. The first-order valence-corrected chi connectivity index (χ1v) is 12.7. The van der Waals surface area contributed by atoms with E-state index in [0.29, 0.717) is 22.7 Å². The summed E-state index contributed by atoms with van der Waals surface area (Å²) in [5.41, 5.74) is 4.32. The van der Waals surface area contributed by atoms with Crippen molar-refractivity contribution in [3.8, 4) is 16.9 Å². The average Bonchev–Trinajstić information content (AvgIpc) is 3.39. The third kappa shape index (κ3) is 6.32. The van der Waals surface area contributed by atoms with Crippen molar-refractivity contribution in [2.75, 3.05) is 40.6 Å². The molecule has 0 spiro atoms. The summed E-state index contributed by atoms with van der Waals surface area (Å²) in [5, 5.41) is 4.92. The van der Waals surface area contributed by atoms with Gasteiger partial charge in [-0.2, -0.15) is 5.10 Å². The lowest BCUT2D eigenvalue weighted by Crippen LogP contribution is -2.37. The molecule has 1 aliphatic heterocycles. The molecule has 9 nitrogen and oxygen atoms in total. The molecule has 39 heavy (non-hydrogen) atoms. The molecule has 0 radical (unpaired) electrons. The Morgan fingerprint density at radius 2 is 1.46 bits per heavy atom. The standard InChI is InChI=1S/C30H33N3O6/c1-20-25(29(34)38-17-15-36-3)27(26(21(2)31-20)30(35)39-18-16-37-4)24-19-33(23-13-9-6-10-14-23)32-28(24)22-11-7-5-8-12-22/h5-14,19,25,27H,15-18H2,1-4H3. The Labute approximate surface area is 228 Å². The highest BCUT2D eigenvalue weighted by atomic mass is 16.6. The van der Waals surface area contributed by atoms with Crippen LogP contribution in [0.15, 0.2) is 83.1 Å². The second kappa shape index (κ2) is 13.1. The quantitative estimate of drug-likeness (QED) is 0.268. The molecule has 2 heterocycles. The normalized spacial score (nSPS) is 17.1. The molecular formula is C30H33N3O6. The molecule has 2 aromatic carbocycles. The van der Waals surface area contributed by atoms with Gasteiger partial charge in [0.05, 0.1) is 30.2 Å². The van der Waals surface area contributed by atoms with Gasteiger partial charge in [0.25, 0.3) is 0 Å². The van der Waals surface area contributed by atoms with Crippen molar-refractivity contribution >= 4 is 17.7 Å². The Morgan fingerprint density at radius 3 is 2.10 bits per heavy atom. The van der Waals surface area contributed by atoms with Crippen LogP contribution in [0, 0.1) is 5.92 Å². The summed E-state index contributed by atoms with van der Waals surface area (Å²) in [4.78, 5) is 31.7. The van der Waals surface area contributed by atoms with Crippen molar-refractivity contribution in [3.63, 3.8) is 0 Å². The fourth-order valence-corrected chi connectivity index (χ4v) is 4.70. The third-order valence-electron chi connectivity index (χ3n) is 6.50. The molecule has 1 aliphatic rings. The van der Waals surface area contributed by atoms with Crippen LogP contribution in [0.1, 0.15) is 25.3 Å². The highest BCUT2D eigenvalue weighted by Crippen LogP contribution is 2.43. The van der Waals surface area contributed by atoms with Crippen molar-refractivity contribution in [1.29, 1.82) is 0 Å². The lowest BCUT2D eigenvalue weighted by atomic mass is 9.75. The number of aliphatic imine (C=N–C) groups is 1. The maximum absolute atomic E-state index is 13.5. The molecule has 0 amide bonds. The van der Waals surface area contributed by atoms with Crippen LogP contribution in [0.25, 0.3) is 16.9 Å². The van der Waals surface area contributed by atoms with Gasteiger partial charge in [0.15, 0.2) is 0 Å². The number of aromatic nitrogens is 2. The fraction of sp³-hybridized carbons (Fsp3) is 0.333. The minimum absolute atomic E-state index is 0.0688. The number of hydrogen-bond acceptors (Lipinski definition) is 8. The Balaban J connectivity index is 1.90. The maximum Gasteiger partial charge on any atom is 0.336 e. The van der Waals surface area contributed by atoms with Crippen LogP contribution in [0.4, 0.5) is 0 Å². The summed E-state index contributed by atoms with van der Waals surface area (Å²) in [6, 6.07) is 19.3. The Morgan fingerprint density at radius 1 is 0.846 bits per heavy atom. The van der Waals surface area contributed by atoms with Gasteiger partial charge in [0, 0.05) is 48.9 Å². The highest BCUT2D eigenvalue weighted by molar-refractivity contribution is 6.07. The second-order valence-electron chi connectivity index (χ2n) is 9.08. The van der Waals surface area contributed by atoms with Gasteiger partial charge in [-0.25, -0.2) is 9.48 Å². The van der Waals surface area contributed by atoms with Crippen LogP contribution >= 0.6 is 0 Å². The number of hydrogen-bond donors (Lipinski definition) is 0. The Kier molecular flexibility index (Phi) is 9.40. The number of para-hydroxylation sites is 1. The molecule has 9 heteroatoms. The molecular weight excluding hydrogens is 498 g/mol. The van der Waals surface area contributed by atoms with E-state index < -0.39 is 23.8 Å². The number of carbonyl (C=O) groups is 2. The van der Waals surface area contributed by atoms with Crippen LogP contribution in [0.2, 0.25) is 0 Å². The van der Waals surface area contributed by atoms with Crippen molar-refractivity contribution < 1.29 is 28.5 Å². The van der Waals surface area contributed by atoms with E-state index in [-0.39, 0.29) is 32.0 Å². The summed E-state index contributed by atoms with van der Waals surface area (Å²) in [7, 11) is 3.07. The molecule has 3 aromatic rings. The molecule has 1 aromatic heterocycles. The van der Waals surface area contributed by atoms with Crippen LogP contribution in [-0.2, 0) is 28.5 Å². The van der Waals surface area contributed by atoms with Crippen molar-refractivity contribution in [3.05, 3.63) is 83.7 Å². The molecule has 0 N–H and O–H groups in total. The molecule has 0 fully saturated rings. The van der Waals surface area contributed by atoms with E-state index >= 15 is 0 Å². The zero-order chi connectivity index (χ0) is 27.8. The molecule has 0 saturated heterocycles. The number of allylic oxidation sites excluding steroid dienone is 1. The van der Waals surface area contributed by atoms with Crippen LogP contribution in [-0.4, -0.2) is 68.1 Å². The number of esters is 2. The lowest BCUT2D eigenvalue weighted by molar-refractivity contribution is -0.148. The topological polar surface area (TPSA) is 101 Å². The number of nitrogens with zero attached hydrogens (tertiary/aromatic N) is 3. The zero-order valence-electron chi connectivity index (χ0n) is 22.6. The van der Waals surface area contributed by atoms with Gasteiger partial charge in [0.1, 0.15) is 19.1 Å². The van der Waals surface area contributed by atoms with Crippen molar-refractivity contribution in [2.24, 2.45) is 10.9 Å². The molecule has 4 rings (SSSR count). The van der Waals surface area contributed by atoms with E-state index in [1.54, 1.807) is 18.5 Å². The van der Waals surface area contributed by atoms with E-state index in [9.17, 15) is 9.59 Å². The predicted octanol–water partition coefficient (Wildman–Crippen LogP) is 4.37. The van der Waals surface area contributed by atoms with Gasteiger partial charge in [-0.1, -0.05) is 48.5 Å². The Hall–Kier alpha value is -4.08. The van der Waals surface area contributed by atoms with Crippen LogP contribution in [0.3, 0.4) is 0 Å². The Bertz CT molecular complexity index is 1350. The van der Waals surface area contributed by atoms with Crippen LogP contribution < -0.4 is 0 Å². The molecule has 0 bridgehead atoms. The lowest BCUT2D eigenvalue weighted by Gasteiger charge is -2.31. The zero-order valence-corrected chi connectivity index (χ0v) is 22.6. The maximum atomic E-state index is 13.5. The number of carbonyl (C=O) groups excluding carboxylic acids is 2. The summed E-state index contributed by atoms with van der Waals surface area (Å²) in [6.07, 6.45) is 1.87. The number of methoxy groups -OCH3 is 2. The number of ether oxygens (including phenoxy) is 4. The summed E-state index contributed by atoms with van der Waals surface area (Å²) >= 11 is 0. The molecule has 0 saturated carbocycles. The predicted molar refractivity (Wildman–Crippen MR) is 147 cm³/mol. The van der Waals surface area contributed by atoms with E-state index in [1.165, 1.54) is 14.2 Å². The number of rotatable bonds is 11. The average molecular weight is 532 g/mol. The van der Waals surface area contributed by atoms with E-state index in [4.69, 9.17) is 24.0 Å². The molecule has 2 atom stereocenters. The fourth-order valence-electron chi connectivity index (χ4n) is 4.70. The summed E-state index contributed by atoms with van der Waals surface area (Å²) in [6.45, 7) is 4.17.